The molecule has 1 aliphatic heterocycles. The van der Waals surface area contributed by atoms with E-state index in [-0.39, 0.29) is 0 Å². The van der Waals surface area contributed by atoms with Gasteiger partial charge in [0.1, 0.15) is 10.0 Å². The van der Waals surface area contributed by atoms with Gasteiger partial charge in [-0.1, -0.05) is 51.0 Å². The first-order valence-corrected chi connectivity index (χ1v) is 13.8. The molecule has 3 nitrogen and oxygen atoms in total. The van der Waals surface area contributed by atoms with Crippen LogP contribution in [0.1, 0.15) is 57.0 Å². The molecule has 1 unspecified atom stereocenters. The van der Waals surface area contributed by atoms with Gasteiger partial charge in [0.15, 0.2) is 0 Å². The van der Waals surface area contributed by atoms with Gasteiger partial charge in [0, 0.05) is 17.9 Å². The fourth-order valence-corrected chi connectivity index (χ4v) is 6.88. The first-order chi connectivity index (χ1) is 16.6. The van der Waals surface area contributed by atoms with E-state index in [1.165, 1.54) is 45.6 Å². The highest BCUT2D eigenvalue weighted by atomic mass is 32.1. The van der Waals surface area contributed by atoms with E-state index < -0.39 is 0 Å². The highest BCUT2D eigenvalue weighted by molar-refractivity contribution is 7.22. The van der Waals surface area contributed by atoms with E-state index in [2.05, 4.69) is 93.3 Å². The second kappa shape index (κ2) is 9.85. The van der Waals surface area contributed by atoms with Crippen LogP contribution in [0, 0.1) is 5.92 Å². The Morgan fingerprint density at radius 1 is 0.824 bits per heavy atom. The third-order valence-electron chi connectivity index (χ3n) is 6.60. The van der Waals surface area contributed by atoms with E-state index in [9.17, 15) is 0 Å². The summed E-state index contributed by atoms with van der Waals surface area (Å²) in [7, 11) is 0. The molecule has 2 aromatic heterocycles. The molecule has 0 bridgehead atoms. The zero-order valence-corrected chi connectivity index (χ0v) is 22.0. The van der Waals surface area contributed by atoms with Gasteiger partial charge in [0.05, 0.1) is 26.0 Å². The van der Waals surface area contributed by atoms with Crippen molar-refractivity contribution >= 4 is 48.7 Å². The summed E-state index contributed by atoms with van der Waals surface area (Å²) in [4.78, 5) is 12.6. The van der Waals surface area contributed by atoms with Gasteiger partial charge in [-0.15, -0.1) is 22.7 Å². The highest BCUT2D eigenvalue weighted by Gasteiger charge is 2.23. The average Bonchev–Trinajstić information content (AvgIpc) is 3.44. The van der Waals surface area contributed by atoms with Gasteiger partial charge in [-0.3, -0.25) is 0 Å². The molecule has 0 saturated heterocycles. The minimum absolute atomic E-state index is 0.718. The van der Waals surface area contributed by atoms with Crippen molar-refractivity contribution in [2.24, 2.45) is 5.92 Å². The lowest BCUT2D eigenvalue weighted by Gasteiger charge is -2.33. The van der Waals surface area contributed by atoms with Gasteiger partial charge in [0.25, 0.3) is 0 Å². The minimum Gasteiger partial charge on any atom is -0.349 e. The molecule has 174 valence electrons. The quantitative estimate of drug-likeness (QED) is 0.262. The fourth-order valence-electron chi connectivity index (χ4n) is 4.75. The number of thiazole rings is 2. The van der Waals surface area contributed by atoms with Crippen molar-refractivity contribution < 1.29 is 0 Å². The Balaban J connectivity index is 1.64. The predicted octanol–water partition coefficient (Wildman–Crippen LogP) is 8.66. The van der Waals surface area contributed by atoms with Crippen LogP contribution in [0.5, 0.6) is 0 Å². The summed E-state index contributed by atoms with van der Waals surface area (Å²) in [5, 5.41) is 2.07. The number of allylic oxidation sites excluding steroid dienone is 5. The van der Waals surface area contributed by atoms with E-state index in [1.54, 1.807) is 22.7 Å². The van der Waals surface area contributed by atoms with E-state index in [4.69, 9.17) is 9.97 Å². The zero-order valence-electron chi connectivity index (χ0n) is 20.3. The second-order valence-corrected chi connectivity index (χ2v) is 11.1. The van der Waals surface area contributed by atoms with E-state index in [0.29, 0.717) is 0 Å². The van der Waals surface area contributed by atoms with Crippen LogP contribution in [-0.4, -0.2) is 21.4 Å². The summed E-state index contributed by atoms with van der Waals surface area (Å²) in [6, 6.07) is 16.8. The monoisotopic (exact) mass is 485 g/mol. The molecule has 0 radical (unpaired) electrons. The van der Waals surface area contributed by atoms with Gasteiger partial charge in [-0.2, -0.15) is 0 Å². The average molecular weight is 486 g/mol. The number of aromatic nitrogens is 2. The molecule has 5 heteroatoms. The maximum absolute atomic E-state index is 5.05. The molecule has 0 saturated carbocycles. The minimum atomic E-state index is 0.718. The summed E-state index contributed by atoms with van der Waals surface area (Å²) in [5.41, 5.74) is 7.03. The highest BCUT2D eigenvalue weighted by Crippen LogP contribution is 2.39. The number of fused-ring (bicyclic) bond motifs is 2. The first kappa shape index (κ1) is 23.0. The molecular formula is C29H31N3S2. The molecule has 3 heterocycles. The molecule has 2 aromatic carbocycles. The van der Waals surface area contributed by atoms with Crippen LogP contribution in [0.25, 0.3) is 26.0 Å². The molecule has 5 rings (SSSR count). The Labute approximate surface area is 210 Å². The number of para-hydroxylation sites is 2. The maximum atomic E-state index is 5.05. The van der Waals surface area contributed by atoms with Crippen molar-refractivity contribution in [2.75, 3.05) is 6.54 Å². The molecule has 0 N–H and O–H groups in total. The van der Waals surface area contributed by atoms with Crippen molar-refractivity contribution in [1.29, 1.82) is 0 Å². The first-order valence-electron chi connectivity index (χ1n) is 12.2. The molecule has 1 atom stereocenters. The van der Waals surface area contributed by atoms with Crippen LogP contribution in [0.2, 0.25) is 0 Å². The van der Waals surface area contributed by atoms with Crippen molar-refractivity contribution in [3.63, 3.8) is 0 Å². The van der Waals surface area contributed by atoms with Crippen molar-refractivity contribution in [3.8, 4) is 0 Å². The maximum Gasteiger partial charge on any atom is 0.128 e. The predicted molar refractivity (Wildman–Crippen MR) is 148 cm³/mol. The Morgan fingerprint density at radius 3 is 1.82 bits per heavy atom. The number of benzene rings is 2. The van der Waals surface area contributed by atoms with E-state index in [0.717, 1.165) is 39.1 Å². The van der Waals surface area contributed by atoms with Crippen molar-refractivity contribution in [3.05, 3.63) is 87.7 Å². The number of nitrogens with zero attached hydrogens (tertiary/aromatic N) is 3. The molecule has 34 heavy (non-hydrogen) atoms. The van der Waals surface area contributed by atoms with Gasteiger partial charge in [0.2, 0.25) is 0 Å². The summed E-state index contributed by atoms with van der Waals surface area (Å²) in [5.74, 6) is 0.718. The van der Waals surface area contributed by atoms with Crippen LogP contribution in [0.15, 0.2) is 77.7 Å². The fraction of sp³-hybridized carbons (Fsp3) is 0.310. The summed E-state index contributed by atoms with van der Waals surface area (Å²) >= 11 is 3.51. The Kier molecular flexibility index (Phi) is 6.66. The van der Waals surface area contributed by atoms with Crippen LogP contribution < -0.4 is 0 Å². The largest absolute Gasteiger partial charge is 0.349 e. The SMILES string of the molecule is CCCC(CC)CN1C(C)=CC(=C(c2nc3ccccc3s2)c2nc3ccccc3s2)C=C1C. The number of rotatable bonds is 7. The molecule has 1 aliphatic rings. The lowest BCUT2D eigenvalue weighted by molar-refractivity contribution is 0.315. The van der Waals surface area contributed by atoms with E-state index in [1.807, 2.05) is 0 Å². The van der Waals surface area contributed by atoms with Crippen molar-refractivity contribution in [2.45, 2.75) is 47.0 Å². The molecule has 4 aromatic rings. The summed E-state index contributed by atoms with van der Waals surface area (Å²) < 4.78 is 2.42. The van der Waals surface area contributed by atoms with Gasteiger partial charge in [-0.05, 0) is 68.2 Å². The van der Waals surface area contributed by atoms with Gasteiger partial charge < -0.3 is 4.90 Å². The third-order valence-corrected chi connectivity index (χ3v) is 8.71. The Hall–Kier alpha value is -2.76. The van der Waals surface area contributed by atoms with Gasteiger partial charge >= 0.3 is 0 Å². The Bertz CT molecular complexity index is 1260. The van der Waals surface area contributed by atoms with Gasteiger partial charge in [-0.25, -0.2) is 9.97 Å². The topological polar surface area (TPSA) is 29.0 Å². The normalized spacial score (nSPS) is 15.1. The number of hydrogen-bond acceptors (Lipinski definition) is 5. The van der Waals surface area contributed by atoms with Crippen LogP contribution >= 0.6 is 22.7 Å². The number of hydrogen-bond donors (Lipinski definition) is 0. The molecular weight excluding hydrogens is 454 g/mol. The smallest absolute Gasteiger partial charge is 0.128 e. The van der Waals surface area contributed by atoms with E-state index >= 15 is 0 Å². The summed E-state index contributed by atoms with van der Waals surface area (Å²) in [6.45, 7) is 10.2. The lowest BCUT2D eigenvalue weighted by atomic mass is 9.97. The van der Waals surface area contributed by atoms with Crippen molar-refractivity contribution in [1.82, 2.24) is 14.9 Å². The Morgan fingerprint density at radius 2 is 1.35 bits per heavy atom. The van der Waals surface area contributed by atoms with Crippen LogP contribution in [0.4, 0.5) is 0 Å². The second-order valence-electron chi connectivity index (χ2n) is 9.05. The van der Waals surface area contributed by atoms with Crippen LogP contribution in [0.3, 0.4) is 0 Å². The molecule has 0 amide bonds. The molecule has 0 aliphatic carbocycles. The lowest BCUT2D eigenvalue weighted by Crippen LogP contribution is -2.28. The standard InChI is InChI=1S/C29H31N3S2/c1-5-11-21(6-2)18-32-19(3)16-22(17-20(32)4)27(28-30-23-12-7-9-14-25(23)33-28)29-31-24-13-8-10-15-26(24)34-29/h7-10,12-17,21H,5-6,11,18H2,1-4H3. The summed E-state index contributed by atoms with van der Waals surface area (Å²) in [6.07, 6.45) is 8.40. The van der Waals surface area contributed by atoms with Crippen LogP contribution in [-0.2, 0) is 0 Å². The molecule has 0 fully saturated rings. The zero-order chi connectivity index (χ0) is 23.7. The molecule has 0 spiro atoms. The third kappa shape index (κ3) is 4.47.